The SMILES string of the molecule is CC(=O)C[C@@]1(O)C(=O)N(CCCOc2ccc(C)cc2)c2ccccc21. The van der Waals surface area contributed by atoms with Crippen molar-refractivity contribution in [3.05, 3.63) is 59.7 Å². The lowest BCUT2D eigenvalue weighted by Gasteiger charge is -2.22. The molecule has 2 aromatic rings. The number of carbonyl (C=O) groups is 2. The van der Waals surface area contributed by atoms with Crippen LogP contribution in [-0.4, -0.2) is 29.9 Å². The summed E-state index contributed by atoms with van der Waals surface area (Å²) in [5.41, 5.74) is 0.567. The molecule has 0 saturated heterocycles. The number of amides is 1. The molecule has 1 amide bonds. The molecule has 5 heteroatoms. The third-order valence-electron chi connectivity index (χ3n) is 4.56. The molecule has 0 bridgehead atoms. The van der Waals surface area contributed by atoms with Crippen molar-refractivity contribution in [2.24, 2.45) is 0 Å². The van der Waals surface area contributed by atoms with Crippen molar-refractivity contribution >= 4 is 17.4 Å². The predicted molar refractivity (Wildman–Crippen MR) is 99.3 cm³/mol. The van der Waals surface area contributed by atoms with Crippen LogP contribution in [0.25, 0.3) is 0 Å². The van der Waals surface area contributed by atoms with Gasteiger partial charge in [0.1, 0.15) is 11.5 Å². The van der Waals surface area contributed by atoms with E-state index in [1.165, 1.54) is 12.5 Å². The van der Waals surface area contributed by atoms with E-state index >= 15 is 0 Å². The number of anilines is 1. The number of rotatable bonds is 7. The van der Waals surface area contributed by atoms with Crippen molar-refractivity contribution in [2.75, 3.05) is 18.1 Å². The summed E-state index contributed by atoms with van der Waals surface area (Å²) >= 11 is 0. The fourth-order valence-electron chi connectivity index (χ4n) is 3.31. The van der Waals surface area contributed by atoms with E-state index in [1.54, 1.807) is 23.1 Å². The first-order chi connectivity index (χ1) is 12.4. The summed E-state index contributed by atoms with van der Waals surface area (Å²) in [5.74, 6) is 0.126. The summed E-state index contributed by atoms with van der Waals surface area (Å²) in [7, 11) is 0. The summed E-state index contributed by atoms with van der Waals surface area (Å²) in [6, 6.07) is 14.9. The van der Waals surface area contributed by atoms with Crippen molar-refractivity contribution in [2.45, 2.75) is 32.3 Å². The van der Waals surface area contributed by atoms with E-state index in [1.807, 2.05) is 37.3 Å². The summed E-state index contributed by atoms with van der Waals surface area (Å²) in [6.07, 6.45) is 0.406. The number of ether oxygens (including phenoxy) is 1. The number of nitrogens with zero attached hydrogens (tertiary/aromatic N) is 1. The fourth-order valence-corrected chi connectivity index (χ4v) is 3.31. The molecule has 1 atom stereocenters. The third-order valence-corrected chi connectivity index (χ3v) is 4.56. The maximum absolute atomic E-state index is 12.8. The molecule has 2 aromatic carbocycles. The van der Waals surface area contributed by atoms with Gasteiger partial charge < -0.3 is 14.7 Å². The van der Waals surface area contributed by atoms with Crippen LogP contribution in [0.2, 0.25) is 0 Å². The van der Waals surface area contributed by atoms with E-state index in [0.29, 0.717) is 30.8 Å². The van der Waals surface area contributed by atoms with Crippen molar-refractivity contribution in [3.8, 4) is 5.75 Å². The zero-order valence-corrected chi connectivity index (χ0v) is 15.1. The van der Waals surface area contributed by atoms with Crippen LogP contribution in [0.4, 0.5) is 5.69 Å². The van der Waals surface area contributed by atoms with E-state index in [2.05, 4.69) is 0 Å². The lowest BCUT2D eigenvalue weighted by atomic mass is 9.90. The van der Waals surface area contributed by atoms with Crippen LogP contribution >= 0.6 is 0 Å². The van der Waals surface area contributed by atoms with Crippen molar-refractivity contribution < 1.29 is 19.4 Å². The highest BCUT2D eigenvalue weighted by Gasteiger charge is 2.49. The van der Waals surface area contributed by atoms with Gasteiger partial charge in [0.25, 0.3) is 5.91 Å². The normalized spacial score (nSPS) is 18.7. The number of ketones is 1. The van der Waals surface area contributed by atoms with Crippen LogP contribution in [0, 0.1) is 6.92 Å². The molecule has 0 aromatic heterocycles. The molecule has 1 N–H and O–H groups in total. The second kappa shape index (κ2) is 7.30. The molecule has 0 spiro atoms. The second-order valence-corrected chi connectivity index (χ2v) is 6.73. The fraction of sp³-hybridized carbons (Fsp3) is 0.333. The van der Waals surface area contributed by atoms with Gasteiger partial charge in [-0.25, -0.2) is 0 Å². The number of aliphatic hydroxyl groups is 1. The number of benzene rings is 2. The largest absolute Gasteiger partial charge is 0.494 e. The van der Waals surface area contributed by atoms with E-state index < -0.39 is 11.5 Å². The van der Waals surface area contributed by atoms with E-state index in [-0.39, 0.29) is 12.2 Å². The molecule has 0 aliphatic carbocycles. The van der Waals surface area contributed by atoms with Gasteiger partial charge in [0, 0.05) is 18.5 Å². The Kier molecular flexibility index (Phi) is 5.09. The van der Waals surface area contributed by atoms with Crippen LogP contribution < -0.4 is 9.64 Å². The summed E-state index contributed by atoms with van der Waals surface area (Å²) in [6.45, 7) is 4.27. The Hall–Kier alpha value is -2.66. The van der Waals surface area contributed by atoms with Gasteiger partial charge in [-0.05, 0) is 38.5 Å². The number of Topliss-reactive ketones (excluding diaryl/α,β-unsaturated/α-hetero) is 1. The lowest BCUT2D eigenvalue weighted by molar-refractivity contribution is -0.141. The second-order valence-electron chi connectivity index (χ2n) is 6.73. The van der Waals surface area contributed by atoms with Gasteiger partial charge in [0.05, 0.1) is 12.3 Å². The van der Waals surface area contributed by atoms with Crippen molar-refractivity contribution in [1.29, 1.82) is 0 Å². The molecule has 0 fully saturated rings. The first kappa shape index (κ1) is 18.1. The van der Waals surface area contributed by atoms with Crippen molar-refractivity contribution in [3.63, 3.8) is 0 Å². The molecule has 0 unspecified atom stereocenters. The molecule has 26 heavy (non-hydrogen) atoms. The lowest BCUT2D eigenvalue weighted by Crippen LogP contribution is -2.42. The highest BCUT2D eigenvalue weighted by atomic mass is 16.5. The Morgan fingerprint density at radius 2 is 1.85 bits per heavy atom. The van der Waals surface area contributed by atoms with Gasteiger partial charge in [-0.15, -0.1) is 0 Å². The molecule has 0 saturated carbocycles. The number of hydrogen-bond acceptors (Lipinski definition) is 4. The molecular formula is C21H23NO4. The van der Waals surface area contributed by atoms with Gasteiger partial charge in [-0.2, -0.15) is 0 Å². The van der Waals surface area contributed by atoms with E-state index in [4.69, 9.17) is 4.74 Å². The molecule has 3 rings (SSSR count). The van der Waals surface area contributed by atoms with Crippen LogP contribution in [0.1, 0.15) is 30.9 Å². The maximum Gasteiger partial charge on any atom is 0.264 e. The Bertz CT molecular complexity index is 815. The molecule has 0 radical (unpaired) electrons. The summed E-state index contributed by atoms with van der Waals surface area (Å²) < 4.78 is 5.71. The number of hydrogen-bond donors (Lipinski definition) is 1. The Morgan fingerprint density at radius 3 is 2.54 bits per heavy atom. The summed E-state index contributed by atoms with van der Waals surface area (Å²) in [5, 5.41) is 10.9. The number of para-hydroxylation sites is 1. The van der Waals surface area contributed by atoms with Crippen LogP contribution in [0.15, 0.2) is 48.5 Å². The monoisotopic (exact) mass is 353 g/mol. The average molecular weight is 353 g/mol. The Labute approximate surface area is 153 Å². The minimum atomic E-state index is -1.76. The first-order valence-electron chi connectivity index (χ1n) is 8.74. The highest BCUT2D eigenvalue weighted by Crippen LogP contribution is 2.42. The van der Waals surface area contributed by atoms with Crippen molar-refractivity contribution in [1.82, 2.24) is 0 Å². The van der Waals surface area contributed by atoms with Gasteiger partial charge in [-0.3, -0.25) is 9.59 Å². The van der Waals surface area contributed by atoms with Crippen LogP contribution in [-0.2, 0) is 15.2 Å². The van der Waals surface area contributed by atoms with Gasteiger partial charge >= 0.3 is 0 Å². The van der Waals surface area contributed by atoms with Crippen LogP contribution in [0.3, 0.4) is 0 Å². The Balaban J connectivity index is 1.67. The Morgan fingerprint density at radius 1 is 1.15 bits per heavy atom. The summed E-state index contributed by atoms with van der Waals surface area (Å²) in [4.78, 5) is 25.9. The molecule has 1 heterocycles. The molecular weight excluding hydrogens is 330 g/mol. The standard InChI is InChI=1S/C21H23NO4/c1-15-8-10-17(11-9-15)26-13-5-12-22-19-7-4-3-6-18(19)21(25,20(22)24)14-16(2)23/h3-4,6-11,25H,5,12-14H2,1-2H3/t21-/m0/s1. The smallest absolute Gasteiger partial charge is 0.264 e. The molecule has 5 nitrogen and oxygen atoms in total. The van der Waals surface area contributed by atoms with Gasteiger partial charge in [0.15, 0.2) is 5.60 Å². The molecule has 1 aliphatic heterocycles. The van der Waals surface area contributed by atoms with Gasteiger partial charge in [-0.1, -0.05) is 35.9 Å². The van der Waals surface area contributed by atoms with Crippen LogP contribution in [0.5, 0.6) is 5.75 Å². The number of aryl methyl sites for hydroxylation is 1. The first-order valence-corrected chi connectivity index (χ1v) is 8.74. The minimum absolute atomic E-state index is 0.209. The average Bonchev–Trinajstić information content (AvgIpc) is 2.81. The van der Waals surface area contributed by atoms with Gasteiger partial charge in [0.2, 0.25) is 0 Å². The van der Waals surface area contributed by atoms with E-state index in [0.717, 1.165) is 5.75 Å². The maximum atomic E-state index is 12.8. The minimum Gasteiger partial charge on any atom is -0.494 e. The zero-order valence-electron chi connectivity index (χ0n) is 15.1. The molecule has 136 valence electrons. The number of fused-ring (bicyclic) bond motifs is 1. The topological polar surface area (TPSA) is 66.8 Å². The number of carbonyl (C=O) groups excluding carboxylic acids is 2. The quantitative estimate of drug-likeness (QED) is 0.777. The van der Waals surface area contributed by atoms with E-state index in [9.17, 15) is 14.7 Å². The third kappa shape index (κ3) is 3.48. The molecule has 1 aliphatic rings. The zero-order chi connectivity index (χ0) is 18.7. The highest BCUT2D eigenvalue weighted by molar-refractivity contribution is 6.08. The predicted octanol–water partition coefficient (Wildman–Crippen LogP) is 2.98.